The molecule has 1 aromatic carbocycles. The fourth-order valence-corrected chi connectivity index (χ4v) is 3.69. The molecule has 0 aromatic heterocycles. The summed E-state index contributed by atoms with van der Waals surface area (Å²) < 4.78 is 0. The lowest BCUT2D eigenvalue weighted by molar-refractivity contribution is -0.134. The number of urea groups is 1. The van der Waals surface area contributed by atoms with E-state index >= 15 is 0 Å². The molecule has 1 spiro atoms. The quantitative estimate of drug-likeness (QED) is 0.678. The Balaban J connectivity index is 1.61. The highest BCUT2D eigenvalue weighted by Gasteiger charge is 2.51. The lowest BCUT2D eigenvalue weighted by atomic mass is 9.82. The Labute approximate surface area is 153 Å². The topological polar surface area (TPSA) is 90.5 Å². The second-order valence-corrected chi connectivity index (χ2v) is 6.99. The van der Waals surface area contributed by atoms with Crippen molar-refractivity contribution in [1.82, 2.24) is 15.5 Å². The largest absolute Gasteiger partial charge is 0.325 e. The Morgan fingerprint density at radius 1 is 1.23 bits per heavy atom. The molecule has 1 heterocycles. The van der Waals surface area contributed by atoms with E-state index in [1.165, 1.54) is 0 Å². The average molecular weight is 358 g/mol. The molecule has 0 bridgehead atoms. The zero-order chi connectivity index (χ0) is 18.6. The predicted molar refractivity (Wildman–Crippen MR) is 98.5 cm³/mol. The zero-order valence-corrected chi connectivity index (χ0v) is 15.1. The number of rotatable bonds is 6. The number of imide groups is 1. The smallest absolute Gasteiger partial charge is 0.325 e. The van der Waals surface area contributed by atoms with Crippen molar-refractivity contribution in [2.45, 2.75) is 51.1 Å². The summed E-state index contributed by atoms with van der Waals surface area (Å²) >= 11 is 0. The van der Waals surface area contributed by atoms with Crippen LogP contribution >= 0.6 is 0 Å². The highest BCUT2D eigenvalue weighted by molar-refractivity contribution is 6.10. The second kappa shape index (κ2) is 7.86. The van der Waals surface area contributed by atoms with Gasteiger partial charge in [0.1, 0.15) is 12.1 Å². The molecule has 0 radical (unpaired) electrons. The number of anilines is 1. The van der Waals surface area contributed by atoms with Crippen molar-refractivity contribution in [3.8, 4) is 0 Å². The number of amides is 4. The maximum atomic E-state index is 12.7. The minimum atomic E-state index is -0.790. The van der Waals surface area contributed by atoms with Crippen LogP contribution in [-0.4, -0.2) is 41.4 Å². The van der Waals surface area contributed by atoms with Crippen LogP contribution in [0.4, 0.5) is 10.5 Å². The fourth-order valence-electron chi connectivity index (χ4n) is 3.69. The lowest BCUT2D eigenvalue weighted by Gasteiger charge is -2.30. The molecule has 3 rings (SSSR count). The van der Waals surface area contributed by atoms with E-state index < -0.39 is 11.6 Å². The van der Waals surface area contributed by atoms with Gasteiger partial charge in [-0.25, -0.2) is 4.79 Å². The Morgan fingerprint density at radius 3 is 2.73 bits per heavy atom. The van der Waals surface area contributed by atoms with Crippen molar-refractivity contribution in [2.24, 2.45) is 0 Å². The first-order valence-corrected chi connectivity index (χ1v) is 9.28. The fraction of sp³-hybridized carbons (Fsp3) is 0.526. The molecule has 2 fully saturated rings. The summed E-state index contributed by atoms with van der Waals surface area (Å²) in [6, 6.07) is 7.06. The van der Waals surface area contributed by atoms with Crippen LogP contribution in [0, 0.1) is 0 Å². The molecule has 7 nitrogen and oxygen atoms in total. The molecule has 26 heavy (non-hydrogen) atoms. The SMILES string of the molecule is CCNCc1cccc(NC(=O)CN2C(=O)NC3(CCCCC3)C2=O)c1. The maximum Gasteiger partial charge on any atom is 0.325 e. The van der Waals surface area contributed by atoms with Gasteiger partial charge >= 0.3 is 6.03 Å². The average Bonchev–Trinajstić information content (AvgIpc) is 2.85. The van der Waals surface area contributed by atoms with Crippen LogP contribution in [0.25, 0.3) is 0 Å². The Bertz CT molecular complexity index is 698. The van der Waals surface area contributed by atoms with Crippen molar-refractivity contribution in [3.63, 3.8) is 0 Å². The van der Waals surface area contributed by atoms with Gasteiger partial charge in [-0.2, -0.15) is 0 Å². The summed E-state index contributed by atoms with van der Waals surface area (Å²) in [5.74, 6) is -0.639. The van der Waals surface area contributed by atoms with E-state index in [0.29, 0.717) is 18.5 Å². The zero-order valence-electron chi connectivity index (χ0n) is 15.1. The highest BCUT2D eigenvalue weighted by atomic mass is 16.2. The summed E-state index contributed by atoms with van der Waals surface area (Å²) in [7, 11) is 0. The number of benzene rings is 1. The van der Waals surface area contributed by atoms with Crippen LogP contribution in [0.15, 0.2) is 24.3 Å². The summed E-state index contributed by atoms with van der Waals surface area (Å²) in [5, 5.41) is 8.83. The van der Waals surface area contributed by atoms with Crippen molar-refractivity contribution in [2.75, 3.05) is 18.4 Å². The van der Waals surface area contributed by atoms with Crippen molar-refractivity contribution < 1.29 is 14.4 Å². The third kappa shape index (κ3) is 3.88. The molecule has 1 aromatic rings. The summed E-state index contributed by atoms with van der Waals surface area (Å²) in [4.78, 5) is 38.3. The van der Waals surface area contributed by atoms with Gasteiger partial charge < -0.3 is 16.0 Å². The molecule has 1 saturated heterocycles. The third-order valence-electron chi connectivity index (χ3n) is 5.04. The van der Waals surface area contributed by atoms with Crippen LogP contribution in [0.1, 0.15) is 44.6 Å². The van der Waals surface area contributed by atoms with Crippen LogP contribution in [0.2, 0.25) is 0 Å². The minimum Gasteiger partial charge on any atom is -0.325 e. The highest BCUT2D eigenvalue weighted by Crippen LogP contribution is 2.33. The van der Waals surface area contributed by atoms with E-state index in [1.54, 1.807) is 6.07 Å². The van der Waals surface area contributed by atoms with Crippen LogP contribution in [0.3, 0.4) is 0 Å². The van der Waals surface area contributed by atoms with Gasteiger partial charge in [0.25, 0.3) is 5.91 Å². The number of nitrogens with zero attached hydrogens (tertiary/aromatic N) is 1. The molecule has 0 atom stereocenters. The van der Waals surface area contributed by atoms with E-state index in [4.69, 9.17) is 0 Å². The van der Waals surface area contributed by atoms with E-state index in [-0.39, 0.29) is 18.4 Å². The molecule has 3 N–H and O–H groups in total. The molecular weight excluding hydrogens is 332 g/mol. The van der Waals surface area contributed by atoms with Crippen LogP contribution < -0.4 is 16.0 Å². The van der Waals surface area contributed by atoms with E-state index in [9.17, 15) is 14.4 Å². The Hall–Kier alpha value is -2.41. The number of carbonyl (C=O) groups excluding carboxylic acids is 3. The Kier molecular flexibility index (Phi) is 5.56. The molecule has 1 saturated carbocycles. The standard InChI is InChI=1S/C19H26N4O3/c1-2-20-12-14-7-6-8-15(11-14)21-16(24)13-23-17(25)19(22-18(23)26)9-4-3-5-10-19/h6-8,11,20H,2-5,9-10,12-13H2,1H3,(H,21,24)(H,22,26). The number of hydrogen-bond acceptors (Lipinski definition) is 4. The monoisotopic (exact) mass is 358 g/mol. The molecule has 140 valence electrons. The molecular formula is C19H26N4O3. The van der Waals surface area contributed by atoms with Crippen molar-refractivity contribution in [3.05, 3.63) is 29.8 Å². The second-order valence-electron chi connectivity index (χ2n) is 6.99. The first kappa shape index (κ1) is 18.4. The number of nitrogens with one attached hydrogen (secondary N) is 3. The lowest BCUT2D eigenvalue weighted by Crippen LogP contribution is -2.48. The maximum absolute atomic E-state index is 12.7. The van der Waals surface area contributed by atoms with Gasteiger partial charge in [0.2, 0.25) is 5.91 Å². The van der Waals surface area contributed by atoms with Crippen LogP contribution in [0.5, 0.6) is 0 Å². The predicted octanol–water partition coefficient (Wildman–Crippen LogP) is 1.99. The van der Waals surface area contributed by atoms with E-state index in [2.05, 4.69) is 16.0 Å². The van der Waals surface area contributed by atoms with Crippen molar-refractivity contribution in [1.29, 1.82) is 0 Å². The number of carbonyl (C=O) groups is 3. The first-order valence-electron chi connectivity index (χ1n) is 9.28. The molecule has 1 aliphatic carbocycles. The van der Waals surface area contributed by atoms with E-state index in [0.717, 1.165) is 42.8 Å². The van der Waals surface area contributed by atoms with Gasteiger partial charge in [0.05, 0.1) is 0 Å². The molecule has 7 heteroatoms. The molecule has 2 aliphatic rings. The van der Waals surface area contributed by atoms with E-state index in [1.807, 2.05) is 25.1 Å². The normalized spacial score (nSPS) is 18.9. The summed E-state index contributed by atoms with van der Waals surface area (Å²) in [6.07, 6.45) is 4.23. The van der Waals surface area contributed by atoms with Gasteiger partial charge in [-0.1, -0.05) is 38.3 Å². The van der Waals surface area contributed by atoms with Crippen LogP contribution in [-0.2, 0) is 16.1 Å². The minimum absolute atomic E-state index is 0.260. The van der Waals surface area contributed by atoms with Gasteiger partial charge in [-0.05, 0) is 37.1 Å². The Morgan fingerprint density at radius 2 is 2.00 bits per heavy atom. The third-order valence-corrected chi connectivity index (χ3v) is 5.04. The number of hydrogen-bond donors (Lipinski definition) is 3. The van der Waals surface area contributed by atoms with Gasteiger partial charge in [-0.3, -0.25) is 14.5 Å². The first-order chi connectivity index (χ1) is 12.5. The molecule has 1 aliphatic heterocycles. The van der Waals surface area contributed by atoms with Crippen molar-refractivity contribution >= 4 is 23.5 Å². The van der Waals surface area contributed by atoms with Gasteiger partial charge in [0, 0.05) is 12.2 Å². The van der Waals surface area contributed by atoms with Gasteiger partial charge in [0.15, 0.2) is 0 Å². The summed E-state index contributed by atoms with van der Waals surface area (Å²) in [5.41, 5.74) is 0.923. The van der Waals surface area contributed by atoms with Gasteiger partial charge in [-0.15, -0.1) is 0 Å². The molecule has 4 amide bonds. The molecule has 0 unspecified atom stereocenters. The summed E-state index contributed by atoms with van der Waals surface area (Å²) in [6.45, 7) is 3.35.